The molecular weight excluding hydrogens is 300 g/mol. The number of piperidine rings is 1. The van der Waals surface area contributed by atoms with E-state index in [1.165, 1.54) is 6.42 Å². The Kier molecular flexibility index (Phi) is 5.36. The number of aromatic nitrogens is 2. The number of amides is 1. The van der Waals surface area contributed by atoms with Gasteiger partial charge in [0.25, 0.3) is 0 Å². The van der Waals surface area contributed by atoms with Gasteiger partial charge in [-0.15, -0.1) is 0 Å². The molecule has 0 aromatic carbocycles. The Bertz CT molecular complexity index is 566. The molecular formula is C19H30N4O. The van der Waals surface area contributed by atoms with E-state index in [1.807, 2.05) is 19.2 Å². The highest BCUT2D eigenvalue weighted by Crippen LogP contribution is 2.33. The van der Waals surface area contributed by atoms with E-state index >= 15 is 0 Å². The molecule has 132 valence electrons. The fourth-order valence-corrected chi connectivity index (χ4v) is 4.19. The average Bonchev–Trinajstić information content (AvgIpc) is 2.77. The molecule has 0 spiro atoms. The molecule has 2 fully saturated rings. The molecule has 1 amide bonds. The zero-order valence-electron chi connectivity index (χ0n) is 15.2. The van der Waals surface area contributed by atoms with Crippen molar-refractivity contribution in [2.24, 2.45) is 11.8 Å². The lowest BCUT2D eigenvalue weighted by molar-refractivity contribution is -0.138. The maximum Gasteiger partial charge on any atom is 0.226 e. The van der Waals surface area contributed by atoms with Gasteiger partial charge in [0.05, 0.1) is 0 Å². The number of aryl methyl sites for hydroxylation is 1. The van der Waals surface area contributed by atoms with Crippen molar-refractivity contribution in [1.29, 1.82) is 0 Å². The summed E-state index contributed by atoms with van der Waals surface area (Å²) in [6.45, 7) is 9.13. The Balaban J connectivity index is 1.64. The Morgan fingerprint density at radius 3 is 2.54 bits per heavy atom. The highest BCUT2D eigenvalue weighted by molar-refractivity contribution is 5.79. The number of likely N-dealkylation sites (tertiary alicyclic amines) is 1. The molecule has 1 atom stereocenters. The summed E-state index contributed by atoms with van der Waals surface area (Å²) in [6, 6.07) is 2.31. The normalized spacial score (nSPS) is 23.7. The van der Waals surface area contributed by atoms with Crippen molar-refractivity contribution in [2.75, 3.05) is 24.5 Å². The summed E-state index contributed by atoms with van der Waals surface area (Å²) in [4.78, 5) is 26.1. The predicted molar refractivity (Wildman–Crippen MR) is 95.9 cm³/mol. The van der Waals surface area contributed by atoms with E-state index in [2.05, 4.69) is 33.6 Å². The minimum Gasteiger partial charge on any atom is -0.356 e. The number of nitrogens with zero attached hydrogens (tertiary/aromatic N) is 4. The second-order valence-corrected chi connectivity index (χ2v) is 7.51. The topological polar surface area (TPSA) is 49.3 Å². The molecule has 2 saturated heterocycles. The lowest BCUT2D eigenvalue weighted by Crippen LogP contribution is -2.44. The van der Waals surface area contributed by atoms with Gasteiger partial charge in [-0.3, -0.25) is 4.79 Å². The fraction of sp³-hybridized carbons (Fsp3) is 0.737. The quantitative estimate of drug-likeness (QED) is 0.855. The second-order valence-electron chi connectivity index (χ2n) is 7.51. The Morgan fingerprint density at radius 1 is 1.12 bits per heavy atom. The first kappa shape index (κ1) is 17.2. The van der Waals surface area contributed by atoms with Gasteiger partial charge in [0.2, 0.25) is 5.91 Å². The predicted octanol–water partition coefficient (Wildman–Crippen LogP) is 3.04. The van der Waals surface area contributed by atoms with Crippen molar-refractivity contribution >= 4 is 11.7 Å². The summed E-state index contributed by atoms with van der Waals surface area (Å²) >= 11 is 0. The zero-order chi connectivity index (χ0) is 17.1. The molecule has 5 heteroatoms. The Labute approximate surface area is 145 Å². The van der Waals surface area contributed by atoms with Crippen LogP contribution >= 0.6 is 0 Å². The fourth-order valence-electron chi connectivity index (χ4n) is 4.19. The van der Waals surface area contributed by atoms with Gasteiger partial charge in [-0.05, 0) is 58.4 Å². The van der Waals surface area contributed by atoms with Crippen molar-refractivity contribution < 1.29 is 4.79 Å². The number of hydrogen-bond acceptors (Lipinski definition) is 4. The second kappa shape index (κ2) is 7.49. The molecule has 0 aliphatic carbocycles. The zero-order valence-corrected chi connectivity index (χ0v) is 15.2. The van der Waals surface area contributed by atoms with Crippen LogP contribution in [0.1, 0.15) is 51.8 Å². The maximum absolute atomic E-state index is 13.0. The summed E-state index contributed by atoms with van der Waals surface area (Å²) in [5.74, 6) is 3.00. The van der Waals surface area contributed by atoms with Crippen LogP contribution in [0.2, 0.25) is 0 Å². The van der Waals surface area contributed by atoms with Gasteiger partial charge in [-0.1, -0.05) is 6.42 Å². The van der Waals surface area contributed by atoms with Crippen molar-refractivity contribution in [1.82, 2.24) is 14.9 Å². The van der Waals surface area contributed by atoms with E-state index in [0.29, 0.717) is 17.9 Å². The molecule has 3 rings (SSSR count). The standard InChI is InChI=1S/C19H30N4O/c1-14(2)23-11-5-4-6-17(19(23)24)16-8-12-22(13-9-16)18-7-10-20-15(3)21-18/h7,10,14,16-17H,4-6,8-9,11-13H2,1-3H3/t17-/m0/s1. The minimum atomic E-state index is 0.226. The maximum atomic E-state index is 13.0. The first-order valence-corrected chi connectivity index (χ1v) is 9.41. The van der Waals surface area contributed by atoms with Crippen molar-refractivity contribution in [3.8, 4) is 0 Å². The minimum absolute atomic E-state index is 0.226. The molecule has 1 aromatic rings. The average molecular weight is 330 g/mol. The lowest BCUT2D eigenvalue weighted by Gasteiger charge is -2.37. The summed E-state index contributed by atoms with van der Waals surface area (Å²) in [7, 11) is 0. The molecule has 2 aliphatic heterocycles. The number of hydrogen-bond donors (Lipinski definition) is 0. The van der Waals surface area contributed by atoms with Gasteiger partial charge in [0.15, 0.2) is 0 Å². The third kappa shape index (κ3) is 3.70. The highest BCUT2D eigenvalue weighted by atomic mass is 16.2. The van der Waals surface area contributed by atoms with Gasteiger partial charge >= 0.3 is 0 Å². The van der Waals surface area contributed by atoms with E-state index < -0.39 is 0 Å². The number of carbonyl (C=O) groups is 1. The van der Waals surface area contributed by atoms with E-state index in [9.17, 15) is 4.79 Å². The van der Waals surface area contributed by atoms with Gasteiger partial charge in [-0.25, -0.2) is 9.97 Å². The van der Waals surface area contributed by atoms with E-state index in [-0.39, 0.29) is 5.92 Å². The van der Waals surface area contributed by atoms with Gasteiger partial charge in [-0.2, -0.15) is 0 Å². The summed E-state index contributed by atoms with van der Waals surface area (Å²) in [6.07, 6.45) is 7.42. The summed E-state index contributed by atoms with van der Waals surface area (Å²) in [5.41, 5.74) is 0. The third-order valence-electron chi connectivity index (χ3n) is 5.58. The van der Waals surface area contributed by atoms with Crippen molar-refractivity contribution in [3.63, 3.8) is 0 Å². The van der Waals surface area contributed by atoms with Crippen LogP contribution in [0, 0.1) is 18.8 Å². The Morgan fingerprint density at radius 2 is 1.88 bits per heavy atom. The molecule has 1 aromatic heterocycles. The molecule has 0 saturated carbocycles. The largest absolute Gasteiger partial charge is 0.356 e. The van der Waals surface area contributed by atoms with E-state index in [0.717, 1.165) is 57.0 Å². The molecule has 0 radical (unpaired) electrons. The van der Waals surface area contributed by atoms with Crippen LogP contribution < -0.4 is 4.90 Å². The van der Waals surface area contributed by atoms with Crippen LogP contribution in [0.3, 0.4) is 0 Å². The number of rotatable bonds is 3. The number of carbonyl (C=O) groups excluding carboxylic acids is 1. The summed E-state index contributed by atoms with van der Waals surface area (Å²) < 4.78 is 0. The Hall–Kier alpha value is -1.65. The first-order valence-electron chi connectivity index (χ1n) is 9.41. The van der Waals surface area contributed by atoms with Crippen LogP contribution in [0.5, 0.6) is 0 Å². The molecule has 5 nitrogen and oxygen atoms in total. The smallest absolute Gasteiger partial charge is 0.226 e. The third-order valence-corrected chi connectivity index (χ3v) is 5.58. The molecule has 0 N–H and O–H groups in total. The molecule has 0 unspecified atom stereocenters. The van der Waals surface area contributed by atoms with Crippen LogP contribution in [-0.4, -0.2) is 46.5 Å². The number of anilines is 1. The van der Waals surface area contributed by atoms with Crippen molar-refractivity contribution in [3.05, 3.63) is 18.1 Å². The molecule has 0 bridgehead atoms. The van der Waals surface area contributed by atoms with E-state index in [1.54, 1.807) is 0 Å². The van der Waals surface area contributed by atoms with Crippen LogP contribution in [0.15, 0.2) is 12.3 Å². The highest BCUT2D eigenvalue weighted by Gasteiger charge is 2.35. The van der Waals surface area contributed by atoms with Crippen LogP contribution in [0.25, 0.3) is 0 Å². The van der Waals surface area contributed by atoms with Crippen LogP contribution in [0.4, 0.5) is 5.82 Å². The van der Waals surface area contributed by atoms with Gasteiger partial charge in [0.1, 0.15) is 11.6 Å². The van der Waals surface area contributed by atoms with Crippen LogP contribution in [-0.2, 0) is 4.79 Å². The van der Waals surface area contributed by atoms with E-state index in [4.69, 9.17) is 0 Å². The SMILES string of the molecule is Cc1nccc(N2CCC([C@@H]3CCCCN(C(C)C)C3=O)CC2)n1. The monoisotopic (exact) mass is 330 g/mol. The summed E-state index contributed by atoms with van der Waals surface area (Å²) in [5, 5.41) is 0. The molecule has 3 heterocycles. The lowest BCUT2D eigenvalue weighted by atomic mass is 9.81. The molecule has 2 aliphatic rings. The first-order chi connectivity index (χ1) is 11.6. The molecule has 24 heavy (non-hydrogen) atoms. The van der Waals surface area contributed by atoms with Crippen molar-refractivity contribution in [2.45, 2.75) is 58.9 Å². The van der Waals surface area contributed by atoms with Gasteiger partial charge < -0.3 is 9.80 Å². The van der Waals surface area contributed by atoms with Gasteiger partial charge in [0, 0.05) is 37.8 Å².